The van der Waals surface area contributed by atoms with Gasteiger partial charge in [-0.2, -0.15) is 0 Å². The normalized spacial score (nSPS) is 18.6. The van der Waals surface area contributed by atoms with Crippen molar-refractivity contribution in [2.75, 3.05) is 6.54 Å². The highest BCUT2D eigenvalue weighted by molar-refractivity contribution is 9.11. The molecule has 0 bridgehead atoms. The van der Waals surface area contributed by atoms with Gasteiger partial charge >= 0.3 is 0 Å². The second-order valence-corrected chi connectivity index (χ2v) is 9.59. The lowest BCUT2D eigenvalue weighted by atomic mass is 9.83. The van der Waals surface area contributed by atoms with Crippen LogP contribution in [0.1, 0.15) is 37.0 Å². The molecule has 0 aliphatic heterocycles. The Morgan fingerprint density at radius 3 is 2.50 bits per heavy atom. The molecule has 1 aliphatic carbocycles. The highest BCUT2D eigenvalue weighted by Crippen LogP contribution is 2.30. The van der Waals surface area contributed by atoms with E-state index >= 15 is 0 Å². The average Bonchev–Trinajstić information content (AvgIpc) is 2.68. The lowest BCUT2D eigenvalue weighted by Gasteiger charge is -2.33. The van der Waals surface area contributed by atoms with Crippen molar-refractivity contribution in [2.45, 2.75) is 49.5 Å². The molecule has 2 rings (SSSR count). The number of aryl methyl sites for hydroxylation is 1. The maximum atomic E-state index is 12.3. The van der Waals surface area contributed by atoms with Gasteiger partial charge in [0.25, 0.3) is 0 Å². The molecule has 116 valence electrons. The molecule has 1 aliphatic rings. The standard InChI is InChI=1S/C12H19BrN2O2S2.ClH/c1-9-10(7-11(13)18-9)19(16,17)15-8-12(14)5-3-2-4-6-12;/h7,15H,2-6,8,14H2,1H3;1H. The summed E-state index contributed by atoms with van der Waals surface area (Å²) in [5.74, 6) is 0. The summed E-state index contributed by atoms with van der Waals surface area (Å²) in [7, 11) is -3.46. The number of hydrogen-bond acceptors (Lipinski definition) is 4. The summed E-state index contributed by atoms with van der Waals surface area (Å²) in [4.78, 5) is 1.14. The number of thiophene rings is 1. The van der Waals surface area contributed by atoms with E-state index in [1.54, 1.807) is 6.07 Å². The van der Waals surface area contributed by atoms with Gasteiger partial charge < -0.3 is 5.73 Å². The lowest BCUT2D eigenvalue weighted by Crippen LogP contribution is -2.51. The average molecular weight is 404 g/mol. The van der Waals surface area contributed by atoms with Gasteiger partial charge in [-0.15, -0.1) is 23.7 Å². The van der Waals surface area contributed by atoms with E-state index in [1.165, 1.54) is 17.8 Å². The highest BCUT2D eigenvalue weighted by Gasteiger charge is 2.30. The summed E-state index contributed by atoms with van der Waals surface area (Å²) in [6, 6.07) is 1.65. The Morgan fingerprint density at radius 1 is 1.40 bits per heavy atom. The van der Waals surface area contributed by atoms with Crippen molar-refractivity contribution >= 4 is 49.7 Å². The molecule has 0 unspecified atom stereocenters. The van der Waals surface area contributed by atoms with E-state index in [4.69, 9.17) is 5.73 Å². The van der Waals surface area contributed by atoms with Crippen LogP contribution in [0.2, 0.25) is 0 Å². The van der Waals surface area contributed by atoms with Crippen molar-refractivity contribution < 1.29 is 8.42 Å². The van der Waals surface area contributed by atoms with Crippen LogP contribution in [-0.4, -0.2) is 20.5 Å². The van der Waals surface area contributed by atoms with Crippen LogP contribution in [0, 0.1) is 6.92 Å². The Bertz CT molecular complexity index is 554. The summed E-state index contributed by atoms with van der Waals surface area (Å²) < 4.78 is 28.0. The fourth-order valence-electron chi connectivity index (χ4n) is 2.45. The van der Waals surface area contributed by atoms with Crippen LogP contribution in [0.3, 0.4) is 0 Å². The number of halogens is 2. The number of nitrogens with two attached hydrogens (primary N) is 1. The molecule has 0 amide bonds. The van der Waals surface area contributed by atoms with Crippen LogP contribution in [0.25, 0.3) is 0 Å². The zero-order valence-corrected chi connectivity index (χ0v) is 15.4. The second kappa shape index (κ2) is 7.07. The summed E-state index contributed by atoms with van der Waals surface area (Å²) in [6.07, 6.45) is 5.15. The van der Waals surface area contributed by atoms with Crippen LogP contribution in [0.15, 0.2) is 14.7 Å². The van der Waals surface area contributed by atoms with E-state index in [1.807, 2.05) is 6.92 Å². The van der Waals surface area contributed by atoms with Gasteiger partial charge in [0.2, 0.25) is 10.0 Å². The van der Waals surface area contributed by atoms with Crippen molar-refractivity contribution in [3.05, 3.63) is 14.7 Å². The molecule has 8 heteroatoms. The van der Waals surface area contributed by atoms with Gasteiger partial charge in [0, 0.05) is 17.0 Å². The Labute approximate surface area is 139 Å². The summed E-state index contributed by atoms with van der Waals surface area (Å²) in [5, 5.41) is 0. The third kappa shape index (κ3) is 4.42. The topological polar surface area (TPSA) is 72.2 Å². The molecule has 0 saturated heterocycles. The first-order valence-corrected chi connectivity index (χ1v) is 9.46. The van der Waals surface area contributed by atoms with Gasteiger partial charge in [0.15, 0.2) is 0 Å². The maximum Gasteiger partial charge on any atom is 0.241 e. The molecule has 0 spiro atoms. The lowest BCUT2D eigenvalue weighted by molar-refractivity contribution is 0.296. The third-order valence-corrected chi connectivity index (χ3v) is 6.81. The Hall–Kier alpha value is 0.340. The third-order valence-electron chi connectivity index (χ3n) is 3.60. The quantitative estimate of drug-likeness (QED) is 0.811. The van der Waals surface area contributed by atoms with Crippen molar-refractivity contribution in [3.8, 4) is 0 Å². The Balaban J connectivity index is 0.00000200. The minimum atomic E-state index is -3.46. The van der Waals surface area contributed by atoms with Crippen LogP contribution < -0.4 is 10.5 Å². The largest absolute Gasteiger partial charge is 0.324 e. The Kier molecular flexibility index (Phi) is 6.50. The van der Waals surface area contributed by atoms with Crippen molar-refractivity contribution in [3.63, 3.8) is 0 Å². The smallest absolute Gasteiger partial charge is 0.241 e. The SMILES string of the molecule is Cc1sc(Br)cc1S(=O)(=O)NCC1(N)CCCCC1.Cl. The molecule has 0 radical (unpaired) electrons. The summed E-state index contributed by atoms with van der Waals surface area (Å²) >= 11 is 4.74. The molecule has 4 nitrogen and oxygen atoms in total. The van der Waals surface area contributed by atoms with E-state index in [0.717, 1.165) is 34.3 Å². The van der Waals surface area contributed by atoms with E-state index in [2.05, 4.69) is 20.7 Å². The van der Waals surface area contributed by atoms with Crippen LogP contribution in [0.5, 0.6) is 0 Å². The number of nitrogens with one attached hydrogen (secondary N) is 1. The van der Waals surface area contributed by atoms with Crippen LogP contribution in [0.4, 0.5) is 0 Å². The van der Waals surface area contributed by atoms with Gasteiger partial charge in [0.1, 0.15) is 0 Å². The predicted octanol–water partition coefficient (Wildman–Crippen LogP) is 3.18. The molecule has 20 heavy (non-hydrogen) atoms. The minimum absolute atomic E-state index is 0. The summed E-state index contributed by atoms with van der Waals surface area (Å²) in [5.41, 5.74) is 5.87. The molecule has 1 fully saturated rings. The molecular weight excluding hydrogens is 384 g/mol. The van der Waals surface area contributed by atoms with Crippen LogP contribution in [-0.2, 0) is 10.0 Å². The second-order valence-electron chi connectivity index (χ2n) is 5.22. The van der Waals surface area contributed by atoms with Crippen molar-refractivity contribution in [1.29, 1.82) is 0 Å². The molecule has 1 heterocycles. The first-order valence-electron chi connectivity index (χ1n) is 6.37. The molecule has 3 N–H and O–H groups in total. The molecule has 1 saturated carbocycles. The number of sulfonamides is 1. The first-order chi connectivity index (χ1) is 8.82. The fraction of sp³-hybridized carbons (Fsp3) is 0.667. The van der Waals surface area contributed by atoms with E-state index in [-0.39, 0.29) is 17.9 Å². The predicted molar refractivity (Wildman–Crippen MR) is 89.2 cm³/mol. The molecule has 0 atom stereocenters. The van der Waals surface area contributed by atoms with Gasteiger partial charge in [0.05, 0.1) is 8.68 Å². The minimum Gasteiger partial charge on any atom is -0.324 e. The molecular formula is C12H20BrClN2O2S2. The zero-order chi connectivity index (χ0) is 14.1. The fourth-order valence-corrected chi connectivity index (χ4v) is 6.00. The molecule has 0 aromatic carbocycles. The summed E-state index contributed by atoms with van der Waals surface area (Å²) in [6.45, 7) is 2.13. The Morgan fingerprint density at radius 2 is 2.00 bits per heavy atom. The van der Waals surface area contributed by atoms with Crippen molar-refractivity contribution in [1.82, 2.24) is 4.72 Å². The number of hydrogen-bond donors (Lipinski definition) is 2. The highest BCUT2D eigenvalue weighted by atomic mass is 79.9. The number of rotatable bonds is 4. The maximum absolute atomic E-state index is 12.3. The van der Waals surface area contributed by atoms with E-state index < -0.39 is 10.0 Å². The molecule has 1 aromatic heterocycles. The van der Waals surface area contributed by atoms with Crippen molar-refractivity contribution in [2.24, 2.45) is 5.73 Å². The van der Waals surface area contributed by atoms with E-state index in [9.17, 15) is 8.42 Å². The first kappa shape index (κ1) is 18.4. The van der Waals surface area contributed by atoms with Gasteiger partial charge in [-0.25, -0.2) is 13.1 Å². The van der Waals surface area contributed by atoms with E-state index in [0.29, 0.717) is 11.4 Å². The zero-order valence-electron chi connectivity index (χ0n) is 11.3. The molecule has 1 aromatic rings. The van der Waals surface area contributed by atoms with Gasteiger partial charge in [-0.1, -0.05) is 19.3 Å². The van der Waals surface area contributed by atoms with Gasteiger partial charge in [-0.3, -0.25) is 0 Å². The monoisotopic (exact) mass is 402 g/mol. The van der Waals surface area contributed by atoms with Crippen LogP contribution >= 0.6 is 39.7 Å². The van der Waals surface area contributed by atoms with Gasteiger partial charge in [-0.05, 0) is 41.8 Å².